The van der Waals surface area contributed by atoms with Gasteiger partial charge in [-0.15, -0.1) is 0 Å². The molecule has 1 atom stereocenters. The van der Waals surface area contributed by atoms with Crippen LogP contribution in [0.4, 0.5) is 10.5 Å². The maximum Gasteiger partial charge on any atom is 0.319 e. The van der Waals surface area contributed by atoms with Crippen LogP contribution in [0.1, 0.15) is 30.9 Å². The average molecular weight is 342 g/mol. The van der Waals surface area contributed by atoms with Gasteiger partial charge in [0.1, 0.15) is 0 Å². The summed E-state index contributed by atoms with van der Waals surface area (Å²) >= 11 is 0. The van der Waals surface area contributed by atoms with Gasteiger partial charge in [-0.25, -0.2) is 4.79 Å². The van der Waals surface area contributed by atoms with Crippen molar-refractivity contribution < 1.29 is 14.6 Å². The normalized spacial score (nSPS) is 11.8. The fourth-order valence-corrected chi connectivity index (χ4v) is 2.37. The van der Waals surface area contributed by atoms with E-state index >= 15 is 0 Å². The zero-order valence-corrected chi connectivity index (χ0v) is 14.6. The second-order valence-corrected chi connectivity index (χ2v) is 5.95. The number of carbonyl (C=O) groups is 1. The van der Waals surface area contributed by atoms with Crippen molar-refractivity contribution in [2.45, 2.75) is 39.1 Å². The zero-order valence-electron chi connectivity index (χ0n) is 14.6. The molecule has 0 aliphatic carbocycles. The van der Waals surface area contributed by atoms with Gasteiger partial charge < -0.3 is 20.5 Å². The molecule has 5 heteroatoms. The first-order valence-electron chi connectivity index (χ1n) is 8.61. The van der Waals surface area contributed by atoms with E-state index in [1.165, 1.54) is 0 Å². The van der Waals surface area contributed by atoms with Crippen LogP contribution in [0.2, 0.25) is 0 Å². The van der Waals surface area contributed by atoms with E-state index in [9.17, 15) is 9.90 Å². The van der Waals surface area contributed by atoms with E-state index in [1.807, 2.05) is 61.5 Å². The largest absolute Gasteiger partial charge is 0.391 e. The van der Waals surface area contributed by atoms with E-state index < -0.39 is 6.10 Å². The Morgan fingerprint density at radius 3 is 2.32 bits per heavy atom. The first kappa shape index (κ1) is 19.0. The van der Waals surface area contributed by atoms with Crippen LogP contribution in [0.3, 0.4) is 0 Å². The van der Waals surface area contributed by atoms with Crippen LogP contribution in [-0.4, -0.2) is 23.8 Å². The van der Waals surface area contributed by atoms with Crippen LogP contribution in [0.15, 0.2) is 54.6 Å². The van der Waals surface area contributed by atoms with Gasteiger partial charge in [-0.05, 0) is 29.7 Å². The van der Waals surface area contributed by atoms with Gasteiger partial charge in [-0.2, -0.15) is 0 Å². The standard InChI is InChI=1S/C20H26N2O3/c1-2-6-19(23)13-21-20(24)22-18-11-9-17(10-12-18)15-25-14-16-7-4-3-5-8-16/h3-5,7-12,19,23H,2,6,13-15H2,1H3,(H2,21,22,24). The molecule has 0 aliphatic heterocycles. The maximum absolute atomic E-state index is 11.8. The molecule has 0 heterocycles. The number of benzene rings is 2. The van der Waals surface area contributed by atoms with E-state index in [2.05, 4.69) is 10.6 Å². The second-order valence-electron chi connectivity index (χ2n) is 5.95. The number of anilines is 1. The number of carbonyl (C=O) groups excluding carboxylic acids is 1. The fourth-order valence-electron chi connectivity index (χ4n) is 2.37. The smallest absolute Gasteiger partial charge is 0.319 e. The van der Waals surface area contributed by atoms with Crippen molar-refractivity contribution in [2.75, 3.05) is 11.9 Å². The van der Waals surface area contributed by atoms with Crippen molar-refractivity contribution in [3.8, 4) is 0 Å². The molecule has 0 saturated carbocycles. The molecular formula is C20H26N2O3. The Hall–Kier alpha value is -2.37. The third kappa shape index (κ3) is 7.37. The van der Waals surface area contributed by atoms with Gasteiger partial charge in [-0.3, -0.25) is 0 Å². The lowest BCUT2D eigenvalue weighted by atomic mass is 10.2. The summed E-state index contributed by atoms with van der Waals surface area (Å²) < 4.78 is 5.69. The van der Waals surface area contributed by atoms with Gasteiger partial charge >= 0.3 is 6.03 Å². The molecule has 0 radical (unpaired) electrons. The lowest BCUT2D eigenvalue weighted by Gasteiger charge is -2.12. The van der Waals surface area contributed by atoms with E-state index in [0.717, 1.165) is 17.5 Å². The summed E-state index contributed by atoms with van der Waals surface area (Å²) in [5.41, 5.74) is 2.89. The summed E-state index contributed by atoms with van der Waals surface area (Å²) in [6, 6.07) is 17.2. The van der Waals surface area contributed by atoms with Gasteiger partial charge in [0, 0.05) is 12.2 Å². The van der Waals surface area contributed by atoms with E-state index in [4.69, 9.17) is 4.74 Å². The van der Waals surface area contributed by atoms with Crippen LogP contribution in [-0.2, 0) is 18.0 Å². The minimum absolute atomic E-state index is 0.255. The molecule has 5 nitrogen and oxygen atoms in total. The molecule has 0 bridgehead atoms. The van der Waals surface area contributed by atoms with Gasteiger partial charge in [0.2, 0.25) is 0 Å². The summed E-state index contributed by atoms with van der Waals surface area (Å²) in [7, 11) is 0. The number of aliphatic hydroxyl groups excluding tert-OH is 1. The number of hydrogen-bond donors (Lipinski definition) is 3. The number of urea groups is 1. The average Bonchev–Trinajstić information content (AvgIpc) is 2.63. The second kappa shape index (κ2) is 10.5. The molecule has 3 N–H and O–H groups in total. The Labute approximate surface area is 149 Å². The first-order valence-corrected chi connectivity index (χ1v) is 8.61. The topological polar surface area (TPSA) is 70.6 Å². The third-order valence-corrected chi connectivity index (χ3v) is 3.71. The molecule has 0 aliphatic rings. The Morgan fingerprint density at radius 1 is 1.04 bits per heavy atom. The first-order chi connectivity index (χ1) is 12.2. The van der Waals surface area contributed by atoms with Crippen molar-refractivity contribution in [1.29, 1.82) is 0 Å². The number of aliphatic hydroxyl groups is 1. The van der Waals surface area contributed by atoms with Gasteiger partial charge in [0.25, 0.3) is 0 Å². The van der Waals surface area contributed by atoms with Crippen LogP contribution >= 0.6 is 0 Å². The highest BCUT2D eigenvalue weighted by Gasteiger charge is 2.06. The molecule has 0 spiro atoms. The van der Waals surface area contributed by atoms with E-state index in [1.54, 1.807) is 0 Å². The summed E-state index contributed by atoms with van der Waals surface area (Å²) in [6.07, 6.45) is 1.07. The van der Waals surface area contributed by atoms with Crippen molar-refractivity contribution in [2.24, 2.45) is 0 Å². The highest BCUT2D eigenvalue weighted by Crippen LogP contribution is 2.11. The molecule has 1 unspecified atom stereocenters. The van der Waals surface area contributed by atoms with Crippen LogP contribution in [0, 0.1) is 0 Å². The Morgan fingerprint density at radius 2 is 1.68 bits per heavy atom. The van der Waals surface area contributed by atoms with Crippen LogP contribution in [0.5, 0.6) is 0 Å². The summed E-state index contributed by atoms with van der Waals surface area (Å²) in [5, 5.41) is 15.0. The molecule has 134 valence electrons. The Kier molecular flexibility index (Phi) is 7.95. The van der Waals surface area contributed by atoms with Crippen molar-refractivity contribution >= 4 is 11.7 Å². The van der Waals surface area contributed by atoms with Gasteiger partial charge in [-0.1, -0.05) is 55.8 Å². The van der Waals surface area contributed by atoms with E-state index in [-0.39, 0.29) is 12.6 Å². The van der Waals surface area contributed by atoms with E-state index in [0.29, 0.717) is 25.3 Å². The molecule has 2 rings (SSSR count). The van der Waals surface area contributed by atoms with Crippen LogP contribution in [0.25, 0.3) is 0 Å². The minimum atomic E-state index is -0.500. The van der Waals surface area contributed by atoms with Crippen molar-refractivity contribution in [3.63, 3.8) is 0 Å². The molecule has 2 amide bonds. The van der Waals surface area contributed by atoms with Crippen LogP contribution < -0.4 is 10.6 Å². The summed E-state index contributed by atoms with van der Waals surface area (Å²) in [6.45, 7) is 3.34. The third-order valence-electron chi connectivity index (χ3n) is 3.71. The lowest BCUT2D eigenvalue weighted by Crippen LogP contribution is -2.35. The highest BCUT2D eigenvalue weighted by atomic mass is 16.5. The minimum Gasteiger partial charge on any atom is -0.391 e. The number of amides is 2. The van der Waals surface area contributed by atoms with Crippen molar-refractivity contribution in [1.82, 2.24) is 5.32 Å². The zero-order chi connectivity index (χ0) is 17.9. The molecule has 0 saturated heterocycles. The summed E-state index contributed by atoms with van der Waals surface area (Å²) in [5.74, 6) is 0. The monoisotopic (exact) mass is 342 g/mol. The van der Waals surface area contributed by atoms with Crippen molar-refractivity contribution in [3.05, 3.63) is 65.7 Å². The number of ether oxygens (including phenoxy) is 1. The lowest BCUT2D eigenvalue weighted by molar-refractivity contribution is 0.107. The molecule has 2 aromatic rings. The predicted molar refractivity (Wildman–Crippen MR) is 99.3 cm³/mol. The Balaban J connectivity index is 1.71. The SMILES string of the molecule is CCCC(O)CNC(=O)Nc1ccc(COCc2ccccc2)cc1. The molecular weight excluding hydrogens is 316 g/mol. The fraction of sp³-hybridized carbons (Fsp3) is 0.350. The highest BCUT2D eigenvalue weighted by molar-refractivity contribution is 5.89. The number of nitrogens with one attached hydrogen (secondary N) is 2. The summed E-state index contributed by atoms with van der Waals surface area (Å²) in [4.78, 5) is 11.8. The number of rotatable bonds is 9. The van der Waals surface area contributed by atoms with Gasteiger partial charge in [0.05, 0.1) is 19.3 Å². The maximum atomic E-state index is 11.8. The molecule has 0 aromatic heterocycles. The molecule has 2 aromatic carbocycles. The quantitative estimate of drug-likeness (QED) is 0.651. The predicted octanol–water partition coefficient (Wildman–Crippen LogP) is 3.69. The Bertz CT molecular complexity index is 629. The molecule has 25 heavy (non-hydrogen) atoms. The number of hydrogen-bond acceptors (Lipinski definition) is 3. The molecule has 0 fully saturated rings. The van der Waals surface area contributed by atoms with Gasteiger partial charge in [0.15, 0.2) is 0 Å².